The van der Waals surface area contributed by atoms with Gasteiger partial charge in [-0.2, -0.15) is 0 Å². The van der Waals surface area contributed by atoms with Crippen molar-refractivity contribution in [3.05, 3.63) is 71.7 Å². The van der Waals surface area contributed by atoms with Gasteiger partial charge < -0.3 is 9.30 Å². The number of nitrogens with zero attached hydrogens (tertiary/aromatic N) is 1. The number of carbonyl (C=O) groups excluding carboxylic acids is 1. The first kappa shape index (κ1) is 13.4. The number of esters is 1. The molecule has 0 saturated carbocycles. The quantitative estimate of drug-likeness (QED) is 0.687. The van der Waals surface area contributed by atoms with E-state index in [1.165, 1.54) is 19.2 Å². The lowest BCUT2D eigenvalue weighted by molar-refractivity contribution is 0.0599. The molecule has 0 fully saturated rings. The lowest BCUT2D eigenvalue weighted by Crippen LogP contribution is -2.08. The zero-order chi connectivity index (χ0) is 14.8. The van der Waals surface area contributed by atoms with E-state index in [4.69, 9.17) is 4.74 Å². The van der Waals surface area contributed by atoms with Crippen molar-refractivity contribution in [2.75, 3.05) is 7.11 Å². The molecule has 0 saturated heterocycles. The fourth-order valence-electron chi connectivity index (χ4n) is 2.46. The molecule has 3 nitrogen and oxygen atoms in total. The number of hydrogen-bond donors (Lipinski definition) is 0. The lowest BCUT2D eigenvalue weighted by Gasteiger charge is -2.10. The van der Waals surface area contributed by atoms with Gasteiger partial charge in [-0.15, -0.1) is 0 Å². The van der Waals surface area contributed by atoms with Crippen LogP contribution in [0.5, 0.6) is 0 Å². The topological polar surface area (TPSA) is 31.2 Å². The van der Waals surface area contributed by atoms with Crippen LogP contribution < -0.4 is 0 Å². The number of hydrogen-bond acceptors (Lipinski definition) is 2. The fraction of sp³-hybridized carbons (Fsp3) is 0.118. The Balaban J connectivity index is 2.01. The van der Waals surface area contributed by atoms with Gasteiger partial charge in [-0.05, 0) is 35.9 Å². The van der Waals surface area contributed by atoms with E-state index in [1.807, 2.05) is 29.0 Å². The van der Waals surface area contributed by atoms with Crippen molar-refractivity contribution in [1.82, 2.24) is 4.57 Å². The number of carbonyl (C=O) groups is 1. The standard InChI is InChI=1S/C17H14FNO2/c1-21-17(20)15-5-3-2-4-13(15)11-19-9-8-12-10-14(18)6-7-16(12)19/h2-10H,11H2,1H3. The Morgan fingerprint density at radius 2 is 2.00 bits per heavy atom. The summed E-state index contributed by atoms with van der Waals surface area (Å²) in [6.45, 7) is 0.528. The summed E-state index contributed by atoms with van der Waals surface area (Å²) in [5.74, 6) is -0.608. The lowest BCUT2D eigenvalue weighted by atomic mass is 10.1. The molecule has 21 heavy (non-hydrogen) atoms. The van der Waals surface area contributed by atoms with Crippen molar-refractivity contribution in [2.45, 2.75) is 6.54 Å². The normalized spacial score (nSPS) is 10.8. The van der Waals surface area contributed by atoms with E-state index in [9.17, 15) is 9.18 Å². The monoisotopic (exact) mass is 283 g/mol. The van der Waals surface area contributed by atoms with Crippen LogP contribution in [0.2, 0.25) is 0 Å². The van der Waals surface area contributed by atoms with Crippen LogP contribution in [0.1, 0.15) is 15.9 Å². The molecule has 0 radical (unpaired) electrons. The van der Waals surface area contributed by atoms with Crippen molar-refractivity contribution < 1.29 is 13.9 Å². The average molecular weight is 283 g/mol. The minimum Gasteiger partial charge on any atom is -0.465 e. The van der Waals surface area contributed by atoms with Gasteiger partial charge in [0.15, 0.2) is 0 Å². The van der Waals surface area contributed by atoms with Crippen molar-refractivity contribution in [1.29, 1.82) is 0 Å². The van der Waals surface area contributed by atoms with Gasteiger partial charge in [0.2, 0.25) is 0 Å². The Morgan fingerprint density at radius 1 is 1.19 bits per heavy atom. The fourth-order valence-corrected chi connectivity index (χ4v) is 2.46. The van der Waals surface area contributed by atoms with E-state index >= 15 is 0 Å². The summed E-state index contributed by atoms with van der Waals surface area (Å²) in [6, 6.07) is 13.9. The smallest absolute Gasteiger partial charge is 0.338 e. The number of fused-ring (bicyclic) bond motifs is 1. The molecule has 3 rings (SSSR count). The van der Waals surface area contributed by atoms with Crippen molar-refractivity contribution in [3.63, 3.8) is 0 Å². The first-order valence-corrected chi connectivity index (χ1v) is 6.59. The second-order valence-corrected chi connectivity index (χ2v) is 4.80. The molecular weight excluding hydrogens is 269 g/mol. The van der Waals surface area contributed by atoms with E-state index in [0.717, 1.165) is 16.5 Å². The molecule has 0 aliphatic heterocycles. The van der Waals surface area contributed by atoms with Crippen LogP contribution in [0.25, 0.3) is 10.9 Å². The van der Waals surface area contributed by atoms with Crippen molar-refractivity contribution in [3.8, 4) is 0 Å². The summed E-state index contributed by atoms with van der Waals surface area (Å²) in [7, 11) is 1.37. The van der Waals surface area contributed by atoms with Crippen LogP contribution in [-0.4, -0.2) is 17.6 Å². The van der Waals surface area contributed by atoms with Gasteiger partial charge in [-0.3, -0.25) is 0 Å². The number of methoxy groups -OCH3 is 1. The van der Waals surface area contributed by atoms with Gasteiger partial charge in [0.05, 0.1) is 12.7 Å². The molecule has 0 bridgehead atoms. The molecule has 3 aromatic rings. The highest BCUT2D eigenvalue weighted by Crippen LogP contribution is 2.20. The third kappa shape index (κ3) is 2.52. The van der Waals surface area contributed by atoms with Gasteiger partial charge >= 0.3 is 5.97 Å². The predicted molar refractivity (Wildman–Crippen MR) is 78.8 cm³/mol. The number of aromatic nitrogens is 1. The number of benzene rings is 2. The maximum Gasteiger partial charge on any atom is 0.338 e. The van der Waals surface area contributed by atoms with E-state index in [-0.39, 0.29) is 11.8 Å². The number of rotatable bonds is 3. The third-order valence-electron chi connectivity index (χ3n) is 3.50. The summed E-state index contributed by atoms with van der Waals surface area (Å²) in [4.78, 5) is 11.8. The molecule has 2 aromatic carbocycles. The molecule has 1 aromatic heterocycles. The summed E-state index contributed by atoms with van der Waals surface area (Å²) >= 11 is 0. The van der Waals surface area contributed by atoms with Crippen LogP contribution in [0, 0.1) is 5.82 Å². The molecule has 1 heterocycles. The van der Waals surface area contributed by atoms with Crippen LogP contribution in [0.15, 0.2) is 54.7 Å². The minimum atomic E-state index is -0.354. The van der Waals surface area contributed by atoms with Crippen LogP contribution in [-0.2, 0) is 11.3 Å². The molecule has 0 N–H and O–H groups in total. The van der Waals surface area contributed by atoms with Crippen molar-refractivity contribution in [2.24, 2.45) is 0 Å². The van der Waals surface area contributed by atoms with Crippen LogP contribution in [0.4, 0.5) is 4.39 Å². The summed E-state index contributed by atoms with van der Waals surface area (Å²) < 4.78 is 20.0. The molecule has 0 aliphatic carbocycles. The van der Waals surface area contributed by atoms with Gasteiger partial charge in [0.1, 0.15) is 5.82 Å². The second kappa shape index (κ2) is 5.40. The van der Waals surface area contributed by atoms with Crippen LogP contribution in [0.3, 0.4) is 0 Å². The van der Waals surface area contributed by atoms with Gasteiger partial charge in [-0.25, -0.2) is 9.18 Å². The van der Waals surface area contributed by atoms with Gasteiger partial charge in [0, 0.05) is 23.6 Å². The molecule has 0 unspecified atom stereocenters. The largest absolute Gasteiger partial charge is 0.465 e. The first-order chi connectivity index (χ1) is 10.2. The molecule has 0 amide bonds. The van der Waals surface area contributed by atoms with E-state index < -0.39 is 0 Å². The molecule has 4 heteroatoms. The Bertz CT molecular complexity index is 807. The molecular formula is C17H14FNO2. The number of ether oxygens (including phenoxy) is 1. The first-order valence-electron chi connectivity index (χ1n) is 6.59. The Morgan fingerprint density at radius 3 is 2.81 bits per heavy atom. The van der Waals surface area contributed by atoms with Crippen LogP contribution >= 0.6 is 0 Å². The highest BCUT2D eigenvalue weighted by Gasteiger charge is 2.12. The summed E-state index contributed by atoms with van der Waals surface area (Å²) in [5.41, 5.74) is 2.34. The summed E-state index contributed by atoms with van der Waals surface area (Å²) in [6.07, 6.45) is 1.89. The molecule has 0 spiro atoms. The SMILES string of the molecule is COC(=O)c1ccccc1Cn1ccc2cc(F)ccc21. The van der Waals surface area contributed by atoms with Gasteiger partial charge in [-0.1, -0.05) is 18.2 Å². The third-order valence-corrected chi connectivity index (χ3v) is 3.50. The molecule has 106 valence electrons. The average Bonchev–Trinajstić information content (AvgIpc) is 2.89. The highest BCUT2D eigenvalue weighted by molar-refractivity contribution is 5.91. The van der Waals surface area contributed by atoms with E-state index in [0.29, 0.717) is 12.1 Å². The molecule has 0 atom stereocenters. The van der Waals surface area contributed by atoms with E-state index in [2.05, 4.69) is 0 Å². The van der Waals surface area contributed by atoms with Gasteiger partial charge in [0.25, 0.3) is 0 Å². The zero-order valence-corrected chi connectivity index (χ0v) is 11.5. The predicted octanol–water partition coefficient (Wildman–Crippen LogP) is 3.62. The second-order valence-electron chi connectivity index (χ2n) is 4.80. The van der Waals surface area contributed by atoms with E-state index in [1.54, 1.807) is 18.2 Å². The Labute approximate surface area is 121 Å². The Hall–Kier alpha value is -2.62. The maximum atomic E-state index is 13.2. The highest BCUT2D eigenvalue weighted by atomic mass is 19.1. The van der Waals surface area contributed by atoms with Crippen molar-refractivity contribution >= 4 is 16.9 Å². The molecule has 0 aliphatic rings. The maximum absolute atomic E-state index is 13.2. The minimum absolute atomic E-state index is 0.254. The summed E-state index contributed by atoms with van der Waals surface area (Å²) in [5, 5.41) is 0.838. The zero-order valence-electron chi connectivity index (χ0n) is 11.5. The Kier molecular flexibility index (Phi) is 3.44. The number of halogens is 1.